The Balaban J connectivity index is 2.06. The van der Waals surface area contributed by atoms with E-state index in [9.17, 15) is 0 Å². The summed E-state index contributed by atoms with van der Waals surface area (Å²) in [5.41, 5.74) is 5.34. The lowest BCUT2D eigenvalue weighted by molar-refractivity contribution is 0.343. The van der Waals surface area contributed by atoms with Crippen molar-refractivity contribution in [1.82, 2.24) is 5.43 Å². The molecule has 2 atom stereocenters. The van der Waals surface area contributed by atoms with Crippen LogP contribution < -0.4 is 11.3 Å². The van der Waals surface area contributed by atoms with E-state index in [0.29, 0.717) is 12.0 Å². The largest absolute Gasteiger partial charge is 0.271 e. The van der Waals surface area contributed by atoms with Crippen LogP contribution in [0.2, 0.25) is 5.02 Å². The van der Waals surface area contributed by atoms with Crippen LogP contribution in [0.5, 0.6) is 0 Å². The molecule has 94 valence electrons. The van der Waals surface area contributed by atoms with Gasteiger partial charge in [-0.3, -0.25) is 11.3 Å². The van der Waals surface area contributed by atoms with Crippen LogP contribution in [0.15, 0.2) is 18.2 Å². The number of nitrogens with two attached hydrogens (primary N) is 1. The van der Waals surface area contributed by atoms with Crippen molar-refractivity contribution in [2.75, 3.05) is 0 Å². The van der Waals surface area contributed by atoms with Gasteiger partial charge in [0.1, 0.15) is 0 Å². The number of aryl methyl sites for hydroxylation is 1. The first-order valence-electron chi connectivity index (χ1n) is 6.33. The van der Waals surface area contributed by atoms with E-state index >= 15 is 0 Å². The van der Waals surface area contributed by atoms with Crippen molar-refractivity contribution in [2.45, 2.75) is 39.2 Å². The molecule has 0 bridgehead atoms. The van der Waals surface area contributed by atoms with Crippen LogP contribution in [0.1, 0.15) is 30.9 Å². The molecule has 2 rings (SSSR count). The maximum Gasteiger partial charge on any atom is 0.0441 e. The number of hydrazine groups is 1. The van der Waals surface area contributed by atoms with Crippen molar-refractivity contribution in [3.8, 4) is 0 Å². The van der Waals surface area contributed by atoms with Gasteiger partial charge in [0.05, 0.1) is 0 Å². The van der Waals surface area contributed by atoms with E-state index < -0.39 is 0 Å². The molecule has 1 aromatic carbocycles. The molecule has 3 N–H and O–H groups in total. The zero-order chi connectivity index (χ0) is 12.4. The van der Waals surface area contributed by atoms with E-state index in [0.717, 1.165) is 17.4 Å². The highest BCUT2D eigenvalue weighted by Gasteiger charge is 2.33. The maximum atomic E-state index is 6.26. The summed E-state index contributed by atoms with van der Waals surface area (Å²) in [5.74, 6) is 7.14. The summed E-state index contributed by atoms with van der Waals surface area (Å²) in [6.45, 7) is 4.34. The lowest BCUT2D eigenvalue weighted by atomic mass is 9.91. The Bertz CT molecular complexity index is 388. The molecule has 0 heterocycles. The van der Waals surface area contributed by atoms with Crippen molar-refractivity contribution < 1.29 is 0 Å². The fourth-order valence-electron chi connectivity index (χ4n) is 2.40. The summed E-state index contributed by atoms with van der Waals surface area (Å²) in [5, 5.41) is 0.855. The lowest BCUT2D eigenvalue weighted by Crippen LogP contribution is -2.42. The molecule has 0 amide bonds. The highest BCUT2D eigenvalue weighted by molar-refractivity contribution is 6.31. The van der Waals surface area contributed by atoms with Gasteiger partial charge in [0.2, 0.25) is 0 Å². The van der Waals surface area contributed by atoms with Gasteiger partial charge in [0, 0.05) is 11.1 Å². The standard InChI is InChI=1S/C14H21ClN2/c1-9-3-4-12(13(15)7-9)8-14(17-16)10(2)11-5-6-11/h3-4,7,10-11,14,17H,5-6,8,16H2,1-2H3. The van der Waals surface area contributed by atoms with Crippen molar-refractivity contribution >= 4 is 11.6 Å². The number of benzene rings is 1. The molecular weight excluding hydrogens is 232 g/mol. The van der Waals surface area contributed by atoms with Gasteiger partial charge >= 0.3 is 0 Å². The van der Waals surface area contributed by atoms with Gasteiger partial charge in [-0.1, -0.05) is 30.7 Å². The van der Waals surface area contributed by atoms with Gasteiger partial charge in [0.15, 0.2) is 0 Å². The number of rotatable bonds is 5. The SMILES string of the molecule is Cc1ccc(CC(NN)C(C)C2CC2)c(Cl)c1. The quantitative estimate of drug-likeness (QED) is 0.624. The van der Waals surface area contributed by atoms with E-state index in [1.165, 1.54) is 24.0 Å². The molecule has 1 aliphatic carbocycles. The first-order valence-corrected chi connectivity index (χ1v) is 6.70. The Kier molecular flexibility index (Phi) is 4.08. The minimum atomic E-state index is 0.322. The maximum absolute atomic E-state index is 6.26. The molecule has 1 fully saturated rings. The van der Waals surface area contributed by atoms with Crippen molar-refractivity contribution in [1.29, 1.82) is 0 Å². The minimum absolute atomic E-state index is 0.322. The van der Waals surface area contributed by atoms with E-state index in [2.05, 4.69) is 31.4 Å². The summed E-state index contributed by atoms with van der Waals surface area (Å²) < 4.78 is 0. The lowest BCUT2D eigenvalue weighted by Gasteiger charge is -2.23. The highest BCUT2D eigenvalue weighted by Crippen LogP contribution is 2.39. The second kappa shape index (κ2) is 5.38. The fourth-order valence-corrected chi connectivity index (χ4v) is 2.71. The van der Waals surface area contributed by atoms with Gasteiger partial charge in [-0.25, -0.2) is 0 Å². The molecule has 17 heavy (non-hydrogen) atoms. The zero-order valence-corrected chi connectivity index (χ0v) is 11.3. The molecule has 1 aromatic rings. The summed E-state index contributed by atoms with van der Waals surface area (Å²) in [6.07, 6.45) is 3.61. The zero-order valence-electron chi connectivity index (χ0n) is 10.5. The predicted octanol–water partition coefficient (Wildman–Crippen LogP) is 3.07. The van der Waals surface area contributed by atoms with Gasteiger partial charge in [-0.05, 0) is 55.2 Å². The van der Waals surface area contributed by atoms with Crippen LogP contribution in [0.3, 0.4) is 0 Å². The number of hydrogen-bond donors (Lipinski definition) is 2. The topological polar surface area (TPSA) is 38.0 Å². The van der Waals surface area contributed by atoms with Crippen molar-refractivity contribution in [3.05, 3.63) is 34.3 Å². The van der Waals surface area contributed by atoms with Crippen LogP contribution in [-0.4, -0.2) is 6.04 Å². The van der Waals surface area contributed by atoms with Gasteiger partial charge in [-0.2, -0.15) is 0 Å². The smallest absolute Gasteiger partial charge is 0.0441 e. The second-order valence-corrected chi connectivity index (χ2v) is 5.68. The monoisotopic (exact) mass is 252 g/mol. The Hall–Kier alpha value is -0.570. The van der Waals surface area contributed by atoms with E-state index in [4.69, 9.17) is 17.4 Å². The minimum Gasteiger partial charge on any atom is -0.271 e. The van der Waals surface area contributed by atoms with E-state index in [-0.39, 0.29) is 0 Å². The summed E-state index contributed by atoms with van der Waals surface area (Å²) in [4.78, 5) is 0. The van der Waals surface area contributed by atoms with Crippen LogP contribution in [0, 0.1) is 18.8 Å². The summed E-state index contributed by atoms with van der Waals surface area (Å²) >= 11 is 6.26. The molecule has 0 saturated heterocycles. The van der Waals surface area contributed by atoms with Gasteiger partial charge < -0.3 is 0 Å². The number of nitrogens with one attached hydrogen (secondary N) is 1. The van der Waals surface area contributed by atoms with Gasteiger partial charge in [-0.15, -0.1) is 0 Å². The van der Waals surface area contributed by atoms with Crippen LogP contribution >= 0.6 is 11.6 Å². The highest BCUT2D eigenvalue weighted by atomic mass is 35.5. The van der Waals surface area contributed by atoms with Crippen molar-refractivity contribution in [3.63, 3.8) is 0 Å². The molecule has 3 heteroatoms. The molecular formula is C14H21ClN2. The third-order valence-electron chi connectivity index (χ3n) is 3.86. The molecule has 0 radical (unpaired) electrons. The molecule has 2 nitrogen and oxygen atoms in total. The van der Waals surface area contributed by atoms with Crippen molar-refractivity contribution in [2.24, 2.45) is 17.7 Å². The first kappa shape index (κ1) is 12.9. The van der Waals surface area contributed by atoms with E-state index in [1.807, 2.05) is 6.07 Å². The fraction of sp³-hybridized carbons (Fsp3) is 0.571. The molecule has 0 aliphatic heterocycles. The Morgan fingerprint density at radius 1 is 1.47 bits per heavy atom. The Morgan fingerprint density at radius 3 is 2.71 bits per heavy atom. The van der Waals surface area contributed by atoms with Crippen LogP contribution in [0.25, 0.3) is 0 Å². The van der Waals surface area contributed by atoms with Crippen LogP contribution in [0.4, 0.5) is 0 Å². The molecule has 0 spiro atoms. The molecule has 2 unspecified atom stereocenters. The Labute approximate surface area is 109 Å². The van der Waals surface area contributed by atoms with Crippen LogP contribution in [-0.2, 0) is 6.42 Å². The molecule has 1 saturated carbocycles. The predicted molar refractivity (Wildman–Crippen MR) is 72.9 cm³/mol. The molecule has 1 aliphatic rings. The normalized spacial score (nSPS) is 19.1. The average Bonchev–Trinajstić information content (AvgIpc) is 3.11. The number of halogens is 1. The van der Waals surface area contributed by atoms with E-state index in [1.54, 1.807) is 0 Å². The molecule has 0 aromatic heterocycles. The van der Waals surface area contributed by atoms with Gasteiger partial charge in [0.25, 0.3) is 0 Å². The third-order valence-corrected chi connectivity index (χ3v) is 4.21. The first-order chi connectivity index (χ1) is 8.11. The third kappa shape index (κ3) is 3.21. The second-order valence-electron chi connectivity index (χ2n) is 5.27. The average molecular weight is 253 g/mol. The summed E-state index contributed by atoms with van der Waals surface area (Å²) in [7, 11) is 0. The summed E-state index contributed by atoms with van der Waals surface area (Å²) in [6, 6.07) is 6.56. The Morgan fingerprint density at radius 2 is 2.18 bits per heavy atom. The number of hydrogen-bond acceptors (Lipinski definition) is 2.